The molecule has 1 heterocycles. The van der Waals surface area contributed by atoms with Gasteiger partial charge in [0, 0.05) is 24.8 Å². The SMILES string of the molecule is O=C(O)c1ccc(C2CC([C@@H]3CCC[C@H]3C(=O)NCc3ccc(OC(F)(F)F)cc3)=NO2)cc1. The van der Waals surface area contributed by atoms with E-state index in [-0.39, 0.29) is 41.7 Å². The number of rotatable bonds is 7. The number of alkyl halides is 3. The summed E-state index contributed by atoms with van der Waals surface area (Å²) >= 11 is 0. The Morgan fingerprint density at radius 3 is 2.44 bits per heavy atom. The van der Waals surface area contributed by atoms with E-state index in [2.05, 4.69) is 15.2 Å². The van der Waals surface area contributed by atoms with Gasteiger partial charge in [-0.05, 0) is 48.2 Å². The number of oxime groups is 1. The lowest BCUT2D eigenvalue weighted by molar-refractivity contribution is -0.274. The van der Waals surface area contributed by atoms with E-state index in [0.717, 1.165) is 24.1 Å². The smallest absolute Gasteiger partial charge is 0.478 e. The van der Waals surface area contributed by atoms with Gasteiger partial charge in [-0.2, -0.15) is 0 Å². The minimum atomic E-state index is -4.75. The van der Waals surface area contributed by atoms with Crippen molar-refractivity contribution in [2.45, 2.75) is 44.7 Å². The lowest BCUT2D eigenvalue weighted by Crippen LogP contribution is -2.34. The molecule has 0 saturated heterocycles. The Balaban J connectivity index is 1.31. The van der Waals surface area contributed by atoms with Gasteiger partial charge in [-0.1, -0.05) is 35.8 Å². The fourth-order valence-electron chi connectivity index (χ4n) is 4.44. The van der Waals surface area contributed by atoms with Crippen molar-refractivity contribution >= 4 is 17.6 Å². The van der Waals surface area contributed by atoms with Crippen molar-refractivity contribution in [3.05, 3.63) is 65.2 Å². The third-order valence-corrected chi connectivity index (χ3v) is 6.13. The lowest BCUT2D eigenvalue weighted by Gasteiger charge is -2.19. The van der Waals surface area contributed by atoms with Gasteiger partial charge in [-0.15, -0.1) is 13.2 Å². The molecule has 2 aromatic carbocycles. The normalized spacial score (nSPS) is 22.1. The van der Waals surface area contributed by atoms with Crippen molar-refractivity contribution in [2.75, 3.05) is 0 Å². The minimum absolute atomic E-state index is 0.0501. The van der Waals surface area contributed by atoms with Crippen LogP contribution in [-0.4, -0.2) is 29.1 Å². The van der Waals surface area contributed by atoms with Crippen LogP contribution in [0.15, 0.2) is 53.7 Å². The van der Waals surface area contributed by atoms with E-state index >= 15 is 0 Å². The second kappa shape index (κ2) is 9.74. The molecule has 1 fully saturated rings. The number of halogens is 3. The van der Waals surface area contributed by atoms with Gasteiger partial charge in [0.15, 0.2) is 6.10 Å². The number of benzene rings is 2. The van der Waals surface area contributed by atoms with Crippen LogP contribution in [0.1, 0.15) is 53.3 Å². The highest BCUT2D eigenvalue weighted by atomic mass is 19.4. The summed E-state index contributed by atoms with van der Waals surface area (Å²) in [7, 11) is 0. The Labute approximate surface area is 193 Å². The van der Waals surface area contributed by atoms with Gasteiger partial charge in [0.25, 0.3) is 0 Å². The first kappa shape index (κ1) is 23.6. The molecule has 0 radical (unpaired) electrons. The van der Waals surface area contributed by atoms with E-state index in [1.54, 1.807) is 12.1 Å². The molecule has 0 aromatic heterocycles. The topological polar surface area (TPSA) is 97.2 Å². The van der Waals surface area contributed by atoms with Gasteiger partial charge >= 0.3 is 12.3 Å². The minimum Gasteiger partial charge on any atom is -0.478 e. The molecule has 1 aliphatic heterocycles. The second-order valence-electron chi connectivity index (χ2n) is 8.36. The van der Waals surface area contributed by atoms with E-state index in [1.165, 1.54) is 36.4 Å². The number of carboxylic acids is 1. The van der Waals surface area contributed by atoms with Gasteiger partial charge in [0.1, 0.15) is 5.75 Å². The molecule has 10 heteroatoms. The van der Waals surface area contributed by atoms with Crippen LogP contribution in [0.25, 0.3) is 0 Å². The second-order valence-corrected chi connectivity index (χ2v) is 8.36. The Kier molecular flexibility index (Phi) is 6.76. The lowest BCUT2D eigenvalue weighted by atomic mass is 9.87. The first-order valence-electron chi connectivity index (χ1n) is 10.9. The number of aromatic carboxylic acids is 1. The van der Waals surface area contributed by atoms with Crippen molar-refractivity contribution in [3.63, 3.8) is 0 Å². The highest BCUT2D eigenvalue weighted by Crippen LogP contribution is 2.39. The molecule has 2 aliphatic rings. The van der Waals surface area contributed by atoms with Crippen LogP contribution in [0.5, 0.6) is 5.75 Å². The van der Waals surface area contributed by atoms with E-state index in [1.807, 2.05) is 0 Å². The monoisotopic (exact) mass is 476 g/mol. The molecule has 1 saturated carbocycles. The third kappa shape index (κ3) is 5.67. The zero-order valence-electron chi connectivity index (χ0n) is 18.0. The third-order valence-electron chi connectivity index (χ3n) is 6.13. The average molecular weight is 476 g/mol. The summed E-state index contributed by atoms with van der Waals surface area (Å²) in [4.78, 5) is 29.5. The summed E-state index contributed by atoms with van der Waals surface area (Å²) in [6, 6.07) is 11.8. The van der Waals surface area contributed by atoms with Crippen LogP contribution in [0, 0.1) is 11.8 Å². The Morgan fingerprint density at radius 2 is 1.79 bits per heavy atom. The van der Waals surface area contributed by atoms with E-state index in [0.29, 0.717) is 18.4 Å². The van der Waals surface area contributed by atoms with Crippen molar-refractivity contribution in [1.29, 1.82) is 0 Å². The summed E-state index contributed by atoms with van der Waals surface area (Å²) in [5.41, 5.74) is 2.49. The van der Waals surface area contributed by atoms with Crippen LogP contribution in [-0.2, 0) is 16.2 Å². The summed E-state index contributed by atoms with van der Waals surface area (Å²) in [5, 5.41) is 16.1. The zero-order chi connectivity index (χ0) is 24.3. The number of nitrogens with zero attached hydrogens (tertiary/aromatic N) is 1. The predicted octanol–water partition coefficient (Wildman–Crippen LogP) is 4.83. The molecule has 0 bridgehead atoms. The number of ether oxygens (including phenoxy) is 1. The van der Waals surface area contributed by atoms with Gasteiger partial charge in [0.05, 0.1) is 11.3 Å². The number of hydrogen-bond acceptors (Lipinski definition) is 5. The van der Waals surface area contributed by atoms with E-state index in [9.17, 15) is 22.8 Å². The van der Waals surface area contributed by atoms with Crippen molar-refractivity contribution in [3.8, 4) is 5.75 Å². The number of amides is 1. The van der Waals surface area contributed by atoms with Gasteiger partial charge in [0.2, 0.25) is 5.91 Å². The van der Waals surface area contributed by atoms with Crippen LogP contribution in [0.2, 0.25) is 0 Å². The molecular formula is C24H23F3N2O5. The average Bonchev–Trinajstić information content (AvgIpc) is 3.47. The van der Waals surface area contributed by atoms with Crippen LogP contribution in [0.4, 0.5) is 13.2 Å². The first-order valence-corrected chi connectivity index (χ1v) is 10.9. The van der Waals surface area contributed by atoms with Crippen molar-refractivity contribution in [1.82, 2.24) is 5.32 Å². The largest absolute Gasteiger partial charge is 0.573 e. The fraction of sp³-hybridized carbons (Fsp3) is 0.375. The molecule has 1 amide bonds. The maximum atomic E-state index is 12.9. The molecule has 3 atom stereocenters. The van der Waals surface area contributed by atoms with Crippen LogP contribution < -0.4 is 10.1 Å². The number of carbonyl (C=O) groups is 2. The van der Waals surface area contributed by atoms with Crippen molar-refractivity contribution < 1.29 is 37.4 Å². The summed E-state index contributed by atoms with van der Waals surface area (Å²) in [5.74, 6) is -1.75. The molecule has 180 valence electrons. The maximum absolute atomic E-state index is 12.9. The van der Waals surface area contributed by atoms with Gasteiger partial charge < -0.3 is 20.0 Å². The molecule has 1 unspecified atom stereocenters. The van der Waals surface area contributed by atoms with Crippen LogP contribution in [0.3, 0.4) is 0 Å². The number of nitrogens with one attached hydrogen (secondary N) is 1. The quantitative estimate of drug-likeness (QED) is 0.597. The predicted molar refractivity (Wildman–Crippen MR) is 115 cm³/mol. The zero-order valence-corrected chi connectivity index (χ0v) is 18.0. The molecule has 2 aromatic rings. The van der Waals surface area contributed by atoms with E-state index in [4.69, 9.17) is 9.94 Å². The Morgan fingerprint density at radius 1 is 1.09 bits per heavy atom. The molecular weight excluding hydrogens is 453 g/mol. The summed E-state index contributed by atoms with van der Waals surface area (Å²) in [6.07, 6.45) is -2.13. The molecule has 2 N–H and O–H groups in total. The van der Waals surface area contributed by atoms with Gasteiger partial charge in [-0.3, -0.25) is 4.79 Å². The first-order chi connectivity index (χ1) is 16.2. The maximum Gasteiger partial charge on any atom is 0.573 e. The highest BCUT2D eigenvalue weighted by Gasteiger charge is 2.39. The molecule has 4 rings (SSSR count). The Hall–Kier alpha value is -3.56. The standard InChI is InChI=1S/C24H23F3N2O5/c25-24(26,27)33-17-10-4-14(5-11-17)13-28-22(30)19-3-1-2-18(19)20-12-21(34-29-20)15-6-8-16(9-7-15)23(31)32/h4-11,18-19,21H,1-3,12-13H2,(H,28,30)(H,31,32)/t18-,19-,21?/m1/s1. The Bertz CT molecular complexity index is 1070. The summed E-state index contributed by atoms with van der Waals surface area (Å²) < 4.78 is 40.7. The molecule has 7 nitrogen and oxygen atoms in total. The highest BCUT2D eigenvalue weighted by molar-refractivity contribution is 5.93. The van der Waals surface area contributed by atoms with Crippen LogP contribution >= 0.6 is 0 Å². The molecule has 34 heavy (non-hydrogen) atoms. The number of carbonyl (C=O) groups excluding carboxylic acids is 1. The van der Waals surface area contributed by atoms with Gasteiger partial charge in [-0.25, -0.2) is 4.79 Å². The molecule has 1 aliphatic carbocycles. The molecule has 0 spiro atoms. The number of hydrogen-bond donors (Lipinski definition) is 2. The van der Waals surface area contributed by atoms with E-state index < -0.39 is 12.3 Å². The number of carboxylic acid groups (broad SMARTS) is 1. The fourth-order valence-corrected chi connectivity index (χ4v) is 4.44. The summed E-state index contributed by atoms with van der Waals surface area (Å²) in [6.45, 7) is 0.190. The van der Waals surface area contributed by atoms with Crippen molar-refractivity contribution in [2.24, 2.45) is 17.0 Å².